The van der Waals surface area contributed by atoms with Crippen molar-refractivity contribution in [2.45, 2.75) is 33.7 Å². The number of fused-ring (bicyclic) bond motifs is 1. The van der Waals surface area contributed by atoms with Crippen molar-refractivity contribution in [3.8, 4) is 17.2 Å². The number of nitro benzene ring substituents is 1. The highest BCUT2D eigenvalue weighted by Gasteiger charge is 2.34. The largest absolute Gasteiger partial charge is 0.493 e. The summed E-state index contributed by atoms with van der Waals surface area (Å²) in [6.45, 7) is 7.48. The highest BCUT2D eigenvalue weighted by atomic mass is 32.1. The van der Waals surface area contributed by atoms with Crippen LogP contribution in [0.25, 0.3) is 11.8 Å². The first-order chi connectivity index (χ1) is 20.6. The maximum absolute atomic E-state index is 14.1. The fourth-order valence-corrected chi connectivity index (χ4v) is 6.36. The van der Waals surface area contributed by atoms with E-state index in [9.17, 15) is 19.7 Å². The van der Waals surface area contributed by atoms with E-state index in [0.717, 1.165) is 22.6 Å². The Hall–Kier alpha value is -4.97. The number of rotatable bonds is 8. The Bertz CT molecular complexity index is 1970. The molecule has 4 aromatic rings. The van der Waals surface area contributed by atoms with Gasteiger partial charge >= 0.3 is 5.97 Å². The molecule has 0 saturated carbocycles. The Morgan fingerprint density at radius 3 is 2.40 bits per heavy atom. The third-order valence-corrected chi connectivity index (χ3v) is 8.30. The van der Waals surface area contributed by atoms with Crippen LogP contribution in [0.1, 0.15) is 42.4 Å². The SMILES string of the molecule is CCOC(=O)C1=C(C)N=c2sc(=Cc3cc(C)n(-c4ccc([N+](=O)[O-])cc4)c3C)c(=O)n2C1c1ccc(OC)c(OC)c1. The predicted molar refractivity (Wildman–Crippen MR) is 162 cm³/mol. The minimum absolute atomic E-state index is 0.00839. The van der Waals surface area contributed by atoms with Gasteiger partial charge in [0.25, 0.3) is 11.2 Å². The first-order valence-electron chi connectivity index (χ1n) is 13.4. The summed E-state index contributed by atoms with van der Waals surface area (Å²) in [5, 5.41) is 11.1. The van der Waals surface area contributed by atoms with Crippen molar-refractivity contribution in [2.24, 2.45) is 4.99 Å². The predicted octanol–water partition coefficient (Wildman–Crippen LogP) is 4.13. The Labute approximate surface area is 250 Å². The van der Waals surface area contributed by atoms with Crippen molar-refractivity contribution >= 4 is 29.1 Å². The fourth-order valence-electron chi connectivity index (χ4n) is 5.33. The molecule has 1 aliphatic rings. The lowest BCUT2D eigenvalue weighted by atomic mass is 9.95. The van der Waals surface area contributed by atoms with Crippen molar-refractivity contribution < 1.29 is 23.9 Å². The molecule has 0 spiro atoms. The van der Waals surface area contributed by atoms with E-state index in [0.29, 0.717) is 32.1 Å². The molecule has 0 aliphatic carbocycles. The molecular formula is C31H30N4O7S. The number of nitro groups is 1. The van der Waals surface area contributed by atoms with Crippen LogP contribution in [0, 0.1) is 24.0 Å². The zero-order chi connectivity index (χ0) is 31.0. The van der Waals surface area contributed by atoms with E-state index in [1.807, 2.05) is 30.6 Å². The van der Waals surface area contributed by atoms with Crippen molar-refractivity contribution in [3.63, 3.8) is 0 Å². The Morgan fingerprint density at radius 2 is 1.77 bits per heavy atom. The number of carbonyl (C=O) groups excluding carboxylic acids is 1. The van der Waals surface area contributed by atoms with Gasteiger partial charge in [-0.15, -0.1) is 0 Å². The lowest BCUT2D eigenvalue weighted by molar-refractivity contribution is -0.384. The molecule has 3 heterocycles. The van der Waals surface area contributed by atoms with Gasteiger partial charge in [0, 0.05) is 29.2 Å². The minimum atomic E-state index is -0.801. The molecule has 0 bridgehead atoms. The fraction of sp³-hybridized carbons (Fsp3) is 0.258. The van der Waals surface area contributed by atoms with Gasteiger partial charge in [0.05, 0.1) is 47.6 Å². The summed E-state index contributed by atoms with van der Waals surface area (Å²) in [6, 6.07) is 12.7. The maximum atomic E-state index is 14.1. The van der Waals surface area contributed by atoms with Crippen molar-refractivity contribution in [1.82, 2.24) is 9.13 Å². The standard InChI is InChI=1S/C31H30N4O7S/c1-7-42-30(37)27-18(3)32-31-34(28(27)20-8-13-24(40-5)25(15-20)41-6)29(36)26(43-31)16-21-14-17(2)33(19(21)4)22-9-11-23(12-10-22)35(38)39/h8-16,28H,7H2,1-6H3. The Morgan fingerprint density at radius 1 is 1.07 bits per heavy atom. The molecule has 1 atom stereocenters. The number of nitrogens with zero attached hydrogens (tertiary/aromatic N) is 4. The highest BCUT2D eigenvalue weighted by Crippen LogP contribution is 2.36. The molecule has 5 rings (SSSR count). The van der Waals surface area contributed by atoms with Gasteiger partial charge in [-0.2, -0.15) is 0 Å². The smallest absolute Gasteiger partial charge is 0.338 e. The molecule has 0 amide bonds. The number of hydrogen-bond donors (Lipinski definition) is 0. The van der Waals surface area contributed by atoms with Crippen LogP contribution in [-0.2, 0) is 9.53 Å². The average Bonchev–Trinajstić information content (AvgIpc) is 3.45. The van der Waals surface area contributed by atoms with Crippen LogP contribution in [0.15, 0.2) is 69.6 Å². The summed E-state index contributed by atoms with van der Waals surface area (Å²) < 4.78 is 20.2. The molecule has 2 aromatic carbocycles. The first-order valence-corrected chi connectivity index (χ1v) is 14.3. The topological polar surface area (TPSA) is 127 Å². The van der Waals surface area contributed by atoms with Gasteiger partial charge in [-0.1, -0.05) is 17.4 Å². The maximum Gasteiger partial charge on any atom is 0.338 e. The van der Waals surface area contributed by atoms with Gasteiger partial charge in [-0.3, -0.25) is 19.5 Å². The molecule has 222 valence electrons. The van der Waals surface area contributed by atoms with E-state index in [2.05, 4.69) is 4.99 Å². The summed E-state index contributed by atoms with van der Waals surface area (Å²) >= 11 is 1.23. The van der Waals surface area contributed by atoms with Crippen LogP contribution in [0.2, 0.25) is 0 Å². The Balaban J connectivity index is 1.68. The van der Waals surface area contributed by atoms with Crippen LogP contribution in [0.4, 0.5) is 5.69 Å². The molecule has 1 aliphatic heterocycles. The van der Waals surface area contributed by atoms with Gasteiger partial charge in [0.1, 0.15) is 0 Å². The zero-order valence-electron chi connectivity index (χ0n) is 24.5. The van der Waals surface area contributed by atoms with Crippen molar-refractivity contribution in [2.75, 3.05) is 20.8 Å². The number of allylic oxidation sites excluding steroid dienone is 1. The van der Waals surface area contributed by atoms with E-state index in [1.54, 1.807) is 44.2 Å². The van der Waals surface area contributed by atoms with Gasteiger partial charge in [-0.05, 0) is 75.2 Å². The van der Waals surface area contributed by atoms with Crippen molar-refractivity contribution in [3.05, 3.63) is 112 Å². The van der Waals surface area contributed by atoms with E-state index in [-0.39, 0.29) is 23.4 Å². The van der Waals surface area contributed by atoms with Crippen molar-refractivity contribution in [1.29, 1.82) is 0 Å². The first kappa shape index (κ1) is 29.5. The summed E-state index contributed by atoms with van der Waals surface area (Å²) in [5.74, 6) is 0.420. The number of methoxy groups -OCH3 is 2. The number of carbonyl (C=O) groups is 1. The van der Waals surface area contributed by atoms with Crippen LogP contribution < -0.4 is 24.4 Å². The van der Waals surface area contributed by atoms with E-state index in [4.69, 9.17) is 14.2 Å². The van der Waals surface area contributed by atoms with E-state index >= 15 is 0 Å². The summed E-state index contributed by atoms with van der Waals surface area (Å²) in [7, 11) is 3.06. The molecule has 1 unspecified atom stereocenters. The normalized spacial score (nSPS) is 14.7. The molecule has 0 fully saturated rings. The quantitative estimate of drug-likeness (QED) is 0.169. The monoisotopic (exact) mass is 602 g/mol. The molecule has 0 N–H and O–H groups in total. The number of benzene rings is 2. The van der Waals surface area contributed by atoms with Crippen LogP contribution in [-0.4, -0.2) is 40.9 Å². The van der Waals surface area contributed by atoms with Gasteiger partial charge < -0.3 is 18.8 Å². The number of aryl methyl sites for hydroxylation is 1. The molecule has 11 nitrogen and oxygen atoms in total. The third kappa shape index (κ3) is 5.25. The third-order valence-electron chi connectivity index (χ3n) is 7.32. The van der Waals surface area contributed by atoms with Gasteiger partial charge in [0.2, 0.25) is 0 Å². The van der Waals surface area contributed by atoms with Crippen LogP contribution in [0.3, 0.4) is 0 Å². The lowest BCUT2D eigenvalue weighted by Gasteiger charge is -2.25. The summed E-state index contributed by atoms with van der Waals surface area (Å²) in [5.41, 5.74) is 4.40. The molecule has 0 saturated heterocycles. The van der Waals surface area contributed by atoms with Gasteiger partial charge in [0.15, 0.2) is 16.3 Å². The average molecular weight is 603 g/mol. The molecule has 12 heteroatoms. The summed E-state index contributed by atoms with van der Waals surface area (Å²) in [4.78, 5) is 43.0. The highest BCUT2D eigenvalue weighted by molar-refractivity contribution is 7.07. The Kier molecular flexibility index (Phi) is 8.05. The van der Waals surface area contributed by atoms with Crippen LogP contribution in [0.5, 0.6) is 11.5 Å². The molecular weight excluding hydrogens is 572 g/mol. The molecule has 43 heavy (non-hydrogen) atoms. The zero-order valence-corrected chi connectivity index (χ0v) is 25.4. The number of ether oxygens (including phenoxy) is 3. The second-order valence-electron chi connectivity index (χ2n) is 9.85. The van der Waals surface area contributed by atoms with E-state index < -0.39 is 16.9 Å². The van der Waals surface area contributed by atoms with E-state index in [1.165, 1.54) is 42.3 Å². The second-order valence-corrected chi connectivity index (χ2v) is 10.9. The number of hydrogen-bond acceptors (Lipinski definition) is 9. The number of esters is 1. The number of thiazole rings is 1. The molecule has 0 radical (unpaired) electrons. The van der Waals surface area contributed by atoms with Crippen LogP contribution >= 0.6 is 11.3 Å². The number of non-ortho nitro benzene ring substituents is 1. The summed E-state index contributed by atoms with van der Waals surface area (Å²) in [6.07, 6.45) is 1.81. The minimum Gasteiger partial charge on any atom is -0.493 e. The lowest BCUT2D eigenvalue weighted by Crippen LogP contribution is -2.40. The second kappa shape index (κ2) is 11.7. The number of aromatic nitrogens is 2. The van der Waals surface area contributed by atoms with Gasteiger partial charge in [-0.25, -0.2) is 9.79 Å². The molecule has 2 aromatic heterocycles.